The number of halogens is 2. The molecule has 0 fully saturated rings. The molecule has 0 aromatic heterocycles. The minimum Gasteiger partial charge on any atom is -0.432 e. The highest BCUT2D eigenvalue weighted by atomic mass is 35.5. The summed E-state index contributed by atoms with van der Waals surface area (Å²) in [7, 11) is -0.0478. The average Bonchev–Trinajstić information content (AvgIpc) is 2.60. The first-order valence-electron chi connectivity index (χ1n) is 7.66. The van der Waals surface area contributed by atoms with Gasteiger partial charge in [0, 0.05) is 17.5 Å². The van der Waals surface area contributed by atoms with Crippen molar-refractivity contribution < 1.29 is 14.8 Å². The molecule has 0 radical (unpaired) electrons. The van der Waals surface area contributed by atoms with Crippen molar-refractivity contribution in [3.8, 4) is 5.75 Å². The Balaban J connectivity index is 1.86. The van der Waals surface area contributed by atoms with Gasteiger partial charge in [-0.2, -0.15) is 0 Å². The number of rotatable bonds is 3. The van der Waals surface area contributed by atoms with Crippen LogP contribution in [0.4, 0.5) is 5.69 Å². The maximum Gasteiger partial charge on any atom is 0.490 e. The second-order valence-corrected chi connectivity index (χ2v) is 6.80. The smallest absolute Gasteiger partial charge is 0.432 e. The summed E-state index contributed by atoms with van der Waals surface area (Å²) >= 11 is 17.6. The van der Waals surface area contributed by atoms with Crippen molar-refractivity contribution in [3.63, 3.8) is 0 Å². The SMILES string of the molecule is CN(C(=S)Oc1ccc2ccccc2c1)c1cc(B(O)O)c(Cl)cc1Cl. The Morgan fingerprint density at radius 2 is 1.69 bits per heavy atom. The van der Waals surface area contributed by atoms with Crippen LogP contribution in [0.25, 0.3) is 10.8 Å². The minimum absolute atomic E-state index is 0.131. The Kier molecular flexibility index (Phi) is 5.70. The third-order valence-electron chi connectivity index (χ3n) is 3.91. The Bertz CT molecular complexity index is 984. The third kappa shape index (κ3) is 3.95. The molecule has 3 aromatic rings. The van der Waals surface area contributed by atoms with Gasteiger partial charge in [-0.25, -0.2) is 0 Å². The summed E-state index contributed by atoms with van der Waals surface area (Å²) in [4.78, 5) is 1.54. The van der Waals surface area contributed by atoms with Gasteiger partial charge >= 0.3 is 7.12 Å². The molecule has 0 aliphatic carbocycles. The van der Waals surface area contributed by atoms with E-state index in [0.717, 1.165) is 10.8 Å². The lowest BCUT2D eigenvalue weighted by Gasteiger charge is -2.22. The second kappa shape index (κ2) is 7.82. The summed E-state index contributed by atoms with van der Waals surface area (Å²) < 4.78 is 5.77. The van der Waals surface area contributed by atoms with Crippen molar-refractivity contribution in [3.05, 3.63) is 64.6 Å². The Morgan fingerprint density at radius 3 is 2.38 bits per heavy atom. The molecule has 0 aliphatic rings. The Labute approximate surface area is 166 Å². The molecule has 0 amide bonds. The molecule has 3 rings (SSSR count). The lowest BCUT2D eigenvalue weighted by atomic mass is 9.80. The number of anilines is 1. The summed E-state index contributed by atoms with van der Waals surface area (Å²) in [5.41, 5.74) is 0.580. The third-order valence-corrected chi connectivity index (χ3v) is 4.89. The van der Waals surface area contributed by atoms with Crippen LogP contribution < -0.4 is 15.1 Å². The van der Waals surface area contributed by atoms with Crippen molar-refractivity contribution in [1.82, 2.24) is 0 Å². The molecule has 4 nitrogen and oxygen atoms in total. The normalized spacial score (nSPS) is 10.7. The van der Waals surface area contributed by atoms with Crippen LogP contribution in [0.1, 0.15) is 0 Å². The summed E-state index contributed by atoms with van der Waals surface area (Å²) in [6, 6.07) is 16.5. The monoisotopic (exact) mass is 405 g/mol. The molecule has 8 heteroatoms. The standard InChI is InChI=1S/C18H14BCl2NO3S/c1-22(17-9-14(19(23)24)15(20)10-16(17)21)18(26)25-13-7-6-11-4-2-3-5-12(11)8-13/h2-10,23-24H,1H3. The molecule has 0 unspecified atom stereocenters. The maximum absolute atomic E-state index is 9.42. The number of nitrogens with zero attached hydrogens (tertiary/aromatic N) is 1. The number of benzene rings is 3. The van der Waals surface area contributed by atoms with Crippen LogP contribution in [-0.2, 0) is 0 Å². The van der Waals surface area contributed by atoms with E-state index in [9.17, 15) is 10.0 Å². The summed E-state index contributed by atoms with van der Waals surface area (Å²) in [6.45, 7) is 0. The quantitative estimate of drug-likeness (QED) is 0.514. The first kappa shape index (κ1) is 19.0. The van der Waals surface area contributed by atoms with Crippen molar-refractivity contribution in [2.24, 2.45) is 0 Å². The summed E-state index contributed by atoms with van der Waals surface area (Å²) in [5, 5.41) is 21.6. The molecule has 0 atom stereocenters. The van der Waals surface area contributed by atoms with E-state index in [2.05, 4.69) is 0 Å². The van der Waals surface area contributed by atoms with Gasteiger partial charge in [-0.3, -0.25) is 0 Å². The first-order chi connectivity index (χ1) is 12.4. The number of fused-ring (bicyclic) bond motifs is 1. The fourth-order valence-electron chi connectivity index (χ4n) is 2.51. The van der Waals surface area contributed by atoms with Gasteiger partial charge in [-0.05, 0) is 47.3 Å². The van der Waals surface area contributed by atoms with E-state index in [0.29, 0.717) is 16.5 Å². The van der Waals surface area contributed by atoms with Crippen LogP contribution in [0.2, 0.25) is 10.0 Å². The van der Waals surface area contributed by atoms with Gasteiger partial charge in [0.2, 0.25) is 0 Å². The van der Waals surface area contributed by atoms with Gasteiger partial charge in [0.25, 0.3) is 5.17 Å². The van der Waals surface area contributed by atoms with E-state index in [-0.39, 0.29) is 15.7 Å². The number of hydrogen-bond donors (Lipinski definition) is 2. The lowest BCUT2D eigenvalue weighted by Crippen LogP contribution is -2.34. The van der Waals surface area contributed by atoms with E-state index in [1.807, 2.05) is 42.5 Å². The van der Waals surface area contributed by atoms with E-state index in [1.165, 1.54) is 17.0 Å². The van der Waals surface area contributed by atoms with Crippen LogP contribution in [0.5, 0.6) is 5.75 Å². The summed E-state index contributed by atoms with van der Waals surface area (Å²) in [5.74, 6) is 0.591. The van der Waals surface area contributed by atoms with E-state index in [1.54, 1.807) is 7.05 Å². The lowest BCUT2D eigenvalue weighted by molar-refractivity contribution is 0.426. The van der Waals surface area contributed by atoms with E-state index in [4.69, 9.17) is 40.2 Å². The van der Waals surface area contributed by atoms with Gasteiger partial charge < -0.3 is 19.7 Å². The molecule has 0 heterocycles. The first-order valence-corrected chi connectivity index (χ1v) is 8.82. The van der Waals surface area contributed by atoms with Crippen molar-refractivity contribution in [1.29, 1.82) is 0 Å². The number of hydrogen-bond acceptors (Lipinski definition) is 4. The maximum atomic E-state index is 9.42. The molecule has 0 spiro atoms. The predicted octanol–water partition coefficient (Wildman–Crippen LogP) is 3.63. The molecule has 2 N–H and O–H groups in total. The van der Waals surface area contributed by atoms with E-state index < -0.39 is 7.12 Å². The summed E-state index contributed by atoms with van der Waals surface area (Å²) in [6.07, 6.45) is 0. The predicted molar refractivity (Wildman–Crippen MR) is 112 cm³/mol. The van der Waals surface area contributed by atoms with Crippen LogP contribution in [-0.4, -0.2) is 29.4 Å². The van der Waals surface area contributed by atoms with Crippen LogP contribution in [0.3, 0.4) is 0 Å². The highest BCUT2D eigenvalue weighted by Crippen LogP contribution is 2.28. The van der Waals surface area contributed by atoms with Crippen LogP contribution >= 0.6 is 35.4 Å². The van der Waals surface area contributed by atoms with Gasteiger partial charge in [0.05, 0.1) is 10.7 Å². The number of thiocarbonyl (C=S) groups is 1. The molecule has 0 bridgehead atoms. The molecule has 0 aliphatic heterocycles. The largest absolute Gasteiger partial charge is 0.490 e. The molecule has 0 saturated carbocycles. The second-order valence-electron chi connectivity index (χ2n) is 5.63. The van der Waals surface area contributed by atoms with Gasteiger partial charge in [-0.1, -0.05) is 53.5 Å². The average molecular weight is 406 g/mol. The highest BCUT2D eigenvalue weighted by molar-refractivity contribution is 7.80. The van der Waals surface area contributed by atoms with Crippen LogP contribution in [0, 0.1) is 0 Å². The van der Waals surface area contributed by atoms with Gasteiger partial charge in [-0.15, -0.1) is 0 Å². The highest BCUT2D eigenvalue weighted by Gasteiger charge is 2.21. The molecular weight excluding hydrogens is 392 g/mol. The zero-order chi connectivity index (χ0) is 18.8. The Hall–Kier alpha value is -1.83. The van der Waals surface area contributed by atoms with Gasteiger partial charge in [0.15, 0.2) is 0 Å². The molecule has 3 aromatic carbocycles. The van der Waals surface area contributed by atoms with Crippen molar-refractivity contribution in [2.45, 2.75) is 0 Å². The Morgan fingerprint density at radius 1 is 1.00 bits per heavy atom. The minimum atomic E-state index is -1.72. The van der Waals surface area contributed by atoms with Crippen molar-refractivity contribution in [2.75, 3.05) is 11.9 Å². The fourth-order valence-corrected chi connectivity index (χ4v) is 3.31. The zero-order valence-corrected chi connectivity index (χ0v) is 16.0. The molecule has 26 heavy (non-hydrogen) atoms. The number of ether oxygens (including phenoxy) is 1. The van der Waals surface area contributed by atoms with Crippen molar-refractivity contribution >= 4 is 69.6 Å². The fraction of sp³-hybridized carbons (Fsp3) is 0.0556. The molecular formula is C18H14BCl2NO3S. The van der Waals surface area contributed by atoms with Gasteiger partial charge in [0.1, 0.15) is 5.75 Å². The molecule has 132 valence electrons. The zero-order valence-electron chi connectivity index (χ0n) is 13.7. The van der Waals surface area contributed by atoms with Crippen LogP contribution in [0.15, 0.2) is 54.6 Å². The molecule has 0 saturated heterocycles. The van der Waals surface area contributed by atoms with E-state index >= 15 is 0 Å². The topological polar surface area (TPSA) is 52.9 Å².